The van der Waals surface area contributed by atoms with Gasteiger partial charge in [0.1, 0.15) is 4.83 Å². The van der Waals surface area contributed by atoms with Crippen LogP contribution in [-0.4, -0.2) is 21.6 Å². The summed E-state index contributed by atoms with van der Waals surface area (Å²) in [7, 11) is 0. The van der Waals surface area contributed by atoms with Crippen molar-refractivity contribution in [1.29, 1.82) is 0 Å². The molecule has 1 aliphatic carbocycles. The average Bonchev–Trinajstić information content (AvgIpc) is 3.19. The minimum atomic E-state index is -0.135. The normalized spacial score (nSPS) is 13.1. The number of aromatic nitrogens is 2. The largest absolute Gasteiger partial charge is 0.324 e. The Morgan fingerprint density at radius 1 is 1.06 bits per heavy atom. The molecule has 0 aliphatic heterocycles. The quantitative estimate of drug-likeness (QED) is 0.272. The molecule has 162 valence electrons. The van der Waals surface area contributed by atoms with Crippen molar-refractivity contribution in [1.82, 2.24) is 9.97 Å². The van der Waals surface area contributed by atoms with E-state index in [0.717, 1.165) is 45.0 Å². The van der Waals surface area contributed by atoms with Gasteiger partial charge in [-0.2, -0.15) is 0 Å². The van der Waals surface area contributed by atoms with Gasteiger partial charge in [0, 0.05) is 14.7 Å². The average molecular weight is 480 g/mol. The molecule has 0 spiro atoms. The summed E-state index contributed by atoms with van der Waals surface area (Å²) in [6.45, 7) is 0. The number of fused-ring (bicyclic) bond motifs is 3. The molecule has 1 amide bonds. The molecule has 5 nitrogen and oxygen atoms in total. The summed E-state index contributed by atoms with van der Waals surface area (Å²) < 4.78 is 0. The van der Waals surface area contributed by atoms with Crippen molar-refractivity contribution in [2.75, 3.05) is 11.1 Å². The van der Waals surface area contributed by atoms with Crippen LogP contribution in [0.1, 0.15) is 23.3 Å². The molecule has 0 unspecified atom stereocenters. The monoisotopic (exact) mass is 479 g/mol. The maximum Gasteiger partial charge on any atom is 0.260 e. The topological polar surface area (TPSA) is 74.8 Å². The molecule has 0 saturated carbocycles. The number of anilines is 1. The number of H-pyrrole nitrogens is 1. The fourth-order valence-electron chi connectivity index (χ4n) is 3.81. The van der Waals surface area contributed by atoms with Crippen LogP contribution < -0.4 is 10.9 Å². The maximum absolute atomic E-state index is 12.7. The molecule has 2 aromatic heterocycles. The Morgan fingerprint density at radius 3 is 2.72 bits per heavy atom. The van der Waals surface area contributed by atoms with Crippen molar-refractivity contribution in [3.05, 3.63) is 75.4 Å². The third-order valence-corrected chi connectivity index (χ3v) is 8.42. The smallest absolute Gasteiger partial charge is 0.260 e. The Bertz CT molecular complexity index is 1330. The van der Waals surface area contributed by atoms with E-state index in [1.807, 2.05) is 54.6 Å². The second-order valence-corrected chi connectivity index (χ2v) is 10.7. The number of hydrogen-bond donors (Lipinski definition) is 2. The number of carbonyl (C=O) groups excluding carboxylic acids is 1. The number of rotatable bonds is 6. The number of amides is 1. The lowest BCUT2D eigenvalue weighted by molar-refractivity contribution is -0.113. The second-order valence-electron chi connectivity index (χ2n) is 7.51. The first-order chi connectivity index (χ1) is 15.7. The van der Waals surface area contributed by atoms with E-state index >= 15 is 0 Å². The Kier molecular flexibility index (Phi) is 6.34. The van der Waals surface area contributed by atoms with Crippen LogP contribution in [0.25, 0.3) is 10.2 Å². The van der Waals surface area contributed by atoms with E-state index in [1.165, 1.54) is 28.6 Å². The van der Waals surface area contributed by atoms with Crippen molar-refractivity contribution in [2.24, 2.45) is 0 Å². The van der Waals surface area contributed by atoms with Crippen molar-refractivity contribution >= 4 is 56.7 Å². The number of aromatic amines is 1. The molecule has 5 rings (SSSR count). The van der Waals surface area contributed by atoms with Crippen LogP contribution in [0.2, 0.25) is 0 Å². The number of aryl methyl sites for hydroxylation is 2. The number of para-hydroxylation sites is 1. The molecule has 4 aromatic rings. The van der Waals surface area contributed by atoms with Gasteiger partial charge in [-0.05, 0) is 55.5 Å². The summed E-state index contributed by atoms with van der Waals surface area (Å²) in [5.74, 6) is 0.0356. The first kappa shape index (κ1) is 21.3. The van der Waals surface area contributed by atoms with Crippen LogP contribution in [0, 0.1) is 0 Å². The number of nitrogens with one attached hydrogen (secondary N) is 2. The second kappa shape index (κ2) is 9.52. The zero-order chi connectivity index (χ0) is 21.9. The van der Waals surface area contributed by atoms with E-state index < -0.39 is 0 Å². The highest BCUT2D eigenvalue weighted by Crippen LogP contribution is 2.35. The van der Waals surface area contributed by atoms with Gasteiger partial charge in [-0.25, -0.2) is 4.98 Å². The summed E-state index contributed by atoms with van der Waals surface area (Å²) in [5, 5.41) is 4.22. The SMILES string of the molecule is O=C(CSc1nc2sc3c(c2c(=O)[nH]1)CCCC3)Nc1ccccc1Sc1ccccc1. The van der Waals surface area contributed by atoms with E-state index in [2.05, 4.69) is 15.3 Å². The fraction of sp³-hybridized carbons (Fsp3) is 0.208. The first-order valence-electron chi connectivity index (χ1n) is 10.5. The third-order valence-electron chi connectivity index (χ3n) is 5.28. The van der Waals surface area contributed by atoms with E-state index in [-0.39, 0.29) is 17.2 Å². The predicted octanol–water partition coefficient (Wildman–Crippen LogP) is 5.75. The van der Waals surface area contributed by atoms with Crippen LogP contribution in [0.15, 0.2) is 74.3 Å². The molecule has 32 heavy (non-hydrogen) atoms. The zero-order valence-corrected chi connectivity index (χ0v) is 19.7. The van der Waals surface area contributed by atoms with Crippen LogP contribution in [0.3, 0.4) is 0 Å². The number of thiophene rings is 1. The molecule has 0 atom stereocenters. The number of hydrogen-bond acceptors (Lipinski definition) is 6. The molecule has 2 N–H and O–H groups in total. The van der Waals surface area contributed by atoms with Gasteiger partial charge < -0.3 is 10.3 Å². The van der Waals surface area contributed by atoms with Gasteiger partial charge in [0.25, 0.3) is 5.56 Å². The minimum Gasteiger partial charge on any atom is -0.324 e. The summed E-state index contributed by atoms with van der Waals surface area (Å²) >= 11 is 4.48. The van der Waals surface area contributed by atoms with Crippen molar-refractivity contribution in [3.8, 4) is 0 Å². The molecule has 2 aromatic carbocycles. The van der Waals surface area contributed by atoms with Gasteiger partial charge in [-0.3, -0.25) is 9.59 Å². The highest BCUT2D eigenvalue weighted by molar-refractivity contribution is 8.00. The molecular formula is C24H21N3O2S3. The molecule has 0 fully saturated rings. The Labute approximate surface area is 198 Å². The van der Waals surface area contributed by atoms with E-state index in [1.54, 1.807) is 23.1 Å². The van der Waals surface area contributed by atoms with Crippen LogP contribution in [-0.2, 0) is 17.6 Å². The molecule has 2 heterocycles. The number of thioether (sulfide) groups is 1. The summed E-state index contributed by atoms with van der Waals surface area (Å²) in [5.41, 5.74) is 1.85. The highest BCUT2D eigenvalue weighted by atomic mass is 32.2. The Hall–Kier alpha value is -2.55. The molecular weight excluding hydrogens is 458 g/mol. The predicted molar refractivity (Wildman–Crippen MR) is 133 cm³/mol. The van der Waals surface area contributed by atoms with Crippen LogP contribution >= 0.6 is 34.9 Å². The molecule has 1 aliphatic rings. The van der Waals surface area contributed by atoms with E-state index in [9.17, 15) is 9.59 Å². The number of benzene rings is 2. The molecule has 0 saturated heterocycles. The van der Waals surface area contributed by atoms with Gasteiger partial charge in [0.05, 0.1) is 16.8 Å². The fourth-order valence-corrected chi connectivity index (χ4v) is 6.71. The van der Waals surface area contributed by atoms with Crippen molar-refractivity contribution in [3.63, 3.8) is 0 Å². The highest BCUT2D eigenvalue weighted by Gasteiger charge is 2.20. The molecule has 0 bridgehead atoms. The van der Waals surface area contributed by atoms with Crippen molar-refractivity contribution < 1.29 is 4.79 Å². The summed E-state index contributed by atoms with van der Waals surface area (Å²) in [4.78, 5) is 37.0. The van der Waals surface area contributed by atoms with Gasteiger partial charge >= 0.3 is 0 Å². The summed E-state index contributed by atoms with van der Waals surface area (Å²) in [6.07, 6.45) is 4.28. The number of carbonyl (C=O) groups is 1. The van der Waals surface area contributed by atoms with Crippen LogP contribution in [0.5, 0.6) is 0 Å². The molecule has 0 radical (unpaired) electrons. The Morgan fingerprint density at radius 2 is 1.84 bits per heavy atom. The van der Waals surface area contributed by atoms with Crippen molar-refractivity contribution in [2.45, 2.75) is 40.6 Å². The zero-order valence-electron chi connectivity index (χ0n) is 17.2. The van der Waals surface area contributed by atoms with Crippen LogP contribution in [0.4, 0.5) is 5.69 Å². The van der Waals surface area contributed by atoms with E-state index in [4.69, 9.17) is 0 Å². The minimum absolute atomic E-state index is 0.0954. The number of nitrogens with zero attached hydrogens (tertiary/aromatic N) is 1. The molecule has 8 heteroatoms. The maximum atomic E-state index is 12.7. The lowest BCUT2D eigenvalue weighted by Crippen LogP contribution is -2.16. The van der Waals surface area contributed by atoms with Gasteiger partial charge in [0.2, 0.25) is 5.91 Å². The summed E-state index contributed by atoms with van der Waals surface area (Å²) in [6, 6.07) is 17.8. The lowest BCUT2D eigenvalue weighted by Gasteiger charge is -2.10. The first-order valence-corrected chi connectivity index (χ1v) is 13.1. The van der Waals surface area contributed by atoms with Gasteiger partial charge in [0.15, 0.2) is 5.16 Å². The van der Waals surface area contributed by atoms with Gasteiger partial charge in [-0.1, -0.05) is 53.9 Å². The Balaban J connectivity index is 1.28. The van der Waals surface area contributed by atoms with E-state index in [0.29, 0.717) is 5.16 Å². The van der Waals surface area contributed by atoms with Gasteiger partial charge in [-0.15, -0.1) is 11.3 Å². The third kappa shape index (κ3) is 4.62. The standard InChI is InChI=1S/C24H21N3O2S3/c28-20(25-17-11-5-7-13-19(17)31-15-8-2-1-3-9-15)14-30-24-26-22(29)21-16-10-4-6-12-18(16)32-23(21)27-24/h1-3,5,7-9,11,13H,4,6,10,12,14H2,(H,25,28)(H,26,27,29). The lowest BCUT2D eigenvalue weighted by atomic mass is 9.97.